The second kappa shape index (κ2) is 10.1. The van der Waals surface area contributed by atoms with E-state index in [1.165, 1.54) is 7.11 Å². The quantitative estimate of drug-likeness (QED) is 0.405. The first-order valence-corrected chi connectivity index (χ1v) is 10.6. The lowest BCUT2D eigenvalue weighted by Crippen LogP contribution is -2.41. The molecule has 0 unspecified atom stereocenters. The van der Waals surface area contributed by atoms with E-state index >= 15 is 0 Å². The average molecular weight is 477 g/mol. The van der Waals surface area contributed by atoms with Gasteiger partial charge in [0.05, 0.1) is 36.1 Å². The molecular weight excluding hydrogens is 456 g/mol. The number of nitrogens with one attached hydrogen (secondary N) is 2. The Morgan fingerprint density at radius 2 is 1.53 bits per heavy atom. The Bertz CT molecular complexity index is 1340. The van der Waals surface area contributed by atoms with E-state index in [0.29, 0.717) is 22.8 Å². The van der Waals surface area contributed by atoms with Crippen molar-refractivity contribution in [3.05, 3.63) is 95.1 Å². The van der Waals surface area contributed by atoms with Crippen molar-refractivity contribution >= 4 is 23.4 Å². The minimum absolute atomic E-state index is 0.217. The highest BCUT2D eigenvalue weighted by atomic mass is 35.5. The molecule has 1 aromatic heterocycles. The number of carbonyl (C=O) groups excluding carboxylic acids is 2. The third-order valence-electron chi connectivity index (χ3n) is 5.05. The number of aromatic nitrogens is 2. The van der Waals surface area contributed by atoms with Gasteiger partial charge in [0, 0.05) is 11.8 Å². The van der Waals surface area contributed by atoms with Crippen molar-refractivity contribution in [3.8, 4) is 28.4 Å². The Hall–Kier alpha value is -4.30. The number of rotatable bonds is 6. The molecule has 0 saturated carbocycles. The number of methoxy groups -OCH3 is 2. The highest BCUT2D eigenvalue weighted by Crippen LogP contribution is 2.35. The number of amides is 2. The van der Waals surface area contributed by atoms with Crippen LogP contribution in [0.5, 0.6) is 11.5 Å². The fourth-order valence-electron chi connectivity index (χ4n) is 3.34. The second-order valence-corrected chi connectivity index (χ2v) is 7.53. The van der Waals surface area contributed by atoms with Crippen LogP contribution in [0.15, 0.2) is 79.0 Å². The van der Waals surface area contributed by atoms with Gasteiger partial charge in [0.1, 0.15) is 17.2 Å². The first-order chi connectivity index (χ1) is 16.5. The van der Waals surface area contributed by atoms with Gasteiger partial charge in [-0.05, 0) is 42.5 Å². The topological polar surface area (TPSA) is 94.5 Å². The maximum Gasteiger partial charge on any atom is 0.273 e. The molecule has 172 valence electrons. The lowest BCUT2D eigenvalue weighted by molar-refractivity contribution is 0.0847. The molecule has 0 bridgehead atoms. The van der Waals surface area contributed by atoms with Gasteiger partial charge in [0.25, 0.3) is 11.8 Å². The largest absolute Gasteiger partial charge is 0.497 e. The fraction of sp³-hybridized carbons (Fsp3) is 0.0800. The zero-order valence-corrected chi connectivity index (χ0v) is 19.2. The van der Waals surface area contributed by atoms with Crippen molar-refractivity contribution in [2.24, 2.45) is 0 Å². The fourth-order valence-corrected chi connectivity index (χ4v) is 3.57. The van der Waals surface area contributed by atoms with E-state index in [1.807, 2.05) is 30.3 Å². The number of hydrazine groups is 1. The predicted octanol–water partition coefficient (Wildman–Crippen LogP) is 4.28. The van der Waals surface area contributed by atoms with Crippen LogP contribution in [0.3, 0.4) is 0 Å². The molecule has 9 heteroatoms. The van der Waals surface area contributed by atoms with E-state index in [9.17, 15) is 9.59 Å². The molecule has 0 atom stereocenters. The van der Waals surface area contributed by atoms with Crippen LogP contribution >= 0.6 is 11.6 Å². The monoisotopic (exact) mass is 476 g/mol. The molecule has 3 aromatic carbocycles. The summed E-state index contributed by atoms with van der Waals surface area (Å²) in [7, 11) is 3.08. The molecular formula is C25H21ClN4O4. The number of ether oxygens (including phenoxy) is 2. The van der Waals surface area contributed by atoms with Gasteiger partial charge in [-0.15, -0.1) is 0 Å². The third-order valence-corrected chi connectivity index (χ3v) is 5.38. The summed E-state index contributed by atoms with van der Waals surface area (Å²) in [6.45, 7) is 0. The van der Waals surface area contributed by atoms with Crippen LogP contribution in [0.1, 0.15) is 20.7 Å². The number of benzene rings is 3. The number of para-hydroxylation sites is 1. The minimum atomic E-state index is -0.567. The lowest BCUT2D eigenvalue weighted by Gasteiger charge is -2.11. The van der Waals surface area contributed by atoms with Crippen molar-refractivity contribution < 1.29 is 19.1 Å². The summed E-state index contributed by atoms with van der Waals surface area (Å²) in [5.74, 6) is -0.0333. The van der Waals surface area contributed by atoms with Gasteiger partial charge in [-0.2, -0.15) is 5.10 Å². The lowest BCUT2D eigenvalue weighted by atomic mass is 10.1. The summed E-state index contributed by atoms with van der Waals surface area (Å²) >= 11 is 6.08. The minimum Gasteiger partial charge on any atom is -0.497 e. The zero-order valence-electron chi connectivity index (χ0n) is 18.4. The Kier molecular flexibility index (Phi) is 6.79. The zero-order chi connectivity index (χ0) is 24.1. The molecule has 0 aliphatic carbocycles. The average Bonchev–Trinajstić information content (AvgIpc) is 3.33. The van der Waals surface area contributed by atoms with Gasteiger partial charge >= 0.3 is 0 Å². The molecule has 0 radical (unpaired) electrons. The number of halogens is 1. The van der Waals surface area contributed by atoms with E-state index < -0.39 is 11.8 Å². The molecule has 0 aliphatic heterocycles. The molecule has 0 fully saturated rings. The van der Waals surface area contributed by atoms with Crippen molar-refractivity contribution in [2.75, 3.05) is 14.2 Å². The summed E-state index contributed by atoms with van der Waals surface area (Å²) in [6, 6.07) is 21.1. The summed E-state index contributed by atoms with van der Waals surface area (Å²) in [4.78, 5) is 25.7. The summed E-state index contributed by atoms with van der Waals surface area (Å²) < 4.78 is 12.4. The molecule has 0 aliphatic rings. The van der Waals surface area contributed by atoms with Crippen LogP contribution in [0.4, 0.5) is 0 Å². The van der Waals surface area contributed by atoms with Gasteiger partial charge in [-0.1, -0.05) is 41.9 Å². The van der Waals surface area contributed by atoms with Gasteiger partial charge in [0.15, 0.2) is 0 Å². The SMILES string of the molecule is COc1ccc(OC)c(-c2nn(-c3ccccc3)cc2C(=O)NNC(=O)c2ccccc2Cl)c1. The molecule has 34 heavy (non-hydrogen) atoms. The van der Waals surface area contributed by atoms with Crippen LogP contribution < -0.4 is 20.3 Å². The first kappa shape index (κ1) is 22.9. The van der Waals surface area contributed by atoms with Crippen LogP contribution in [-0.2, 0) is 0 Å². The van der Waals surface area contributed by atoms with Gasteiger partial charge in [0.2, 0.25) is 0 Å². The van der Waals surface area contributed by atoms with E-state index in [0.717, 1.165) is 5.69 Å². The highest BCUT2D eigenvalue weighted by Gasteiger charge is 2.22. The Morgan fingerprint density at radius 3 is 2.21 bits per heavy atom. The summed E-state index contributed by atoms with van der Waals surface area (Å²) in [5, 5.41) is 4.91. The number of hydrogen-bond donors (Lipinski definition) is 2. The van der Waals surface area contributed by atoms with Crippen molar-refractivity contribution in [1.29, 1.82) is 0 Å². The van der Waals surface area contributed by atoms with Crippen LogP contribution in [0.25, 0.3) is 16.9 Å². The van der Waals surface area contributed by atoms with Crippen molar-refractivity contribution in [3.63, 3.8) is 0 Å². The standard InChI is InChI=1S/C25H21ClN4O4/c1-33-17-12-13-22(34-2)19(14-17)23-20(15-30(29-23)16-8-4-3-5-9-16)25(32)28-27-24(31)18-10-6-7-11-21(18)26/h3-15H,1-2H3,(H,27,31)(H,28,32). The molecule has 0 saturated heterocycles. The number of nitrogens with zero attached hydrogens (tertiary/aromatic N) is 2. The third kappa shape index (κ3) is 4.72. The maximum atomic E-state index is 13.2. The Labute approximate surface area is 201 Å². The Balaban J connectivity index is 1.71. The summed E-state index contributed by atoms with van der Waals surface area (Å²) in [6.07, 6.45) is 1.58. The van der Waals surface area contributed by atoms with Crippen LogP contribution in [0, 0.1) is 0 Å². The van der Waals surface area contributed by atoms with Crippen molar-refractivity contribution in [1.82, 2.24) is 20.6 Å². The predicted molar refractivity (Wildman–Crippen MR) is 128 cm³/mol. The normalized spacial score (nSPS) is 10.4. The number of hydrogen-bond acceptors (Lipinski definition) is 5. The molecule has 8 nitrogen and oxygen atoms in total. The smallest absolute Gasteiger partial charge is 0.273 e. The number of carbonyl (C=O) groups is 2. The van der Waals surface area contributed by atoms with Gasteiger partial charge in [-0.3, -0.25) is 20.4 Å². The van der Waals surface area contributed by atoms with E-state index in [2.05, 4.69) is 16.0 Å². The van der Waals surface area contributed by atoms with E-state index in [1.54, 1.807) is 60.5 Å². The highest BCUT2D eigenvalue weighted by molar-refractivity contribution is 6.33. The molecule has 2 N–H and O–H groups in total. The van der Waals surface area contributed by atoms with E-state index in [-0.39, 0.29) is 16.1 Å². The first-order valence-electron chi connectivity index (χ1n) is 10.2. The molecule has 0 spiro atoms. The summed E-state index contributed by atoms with van der Waals surface area (Å²) in [5.41, 5.74) is 6.96. The molecule has 4 aromatic rings. The van der Waals surface area contributed by atoms with Crippen molar-refractivity contribution in [2.45, 2.75) is 0 Å². The van der Waals surface area contributed by atoms with E-state index in [4.69, 9.17) is 21.1 Å². The molecule has 4 rings (SSSR count). The molecule has 1 heterocycles. The van der Waals surface area contributed by atoms with Gasteiger partial charge < -0.3 is 9.47 Å². The molecule has 2 amide bonds. The second-order valence-electron chi connectivity index (χ2n) is 7.13. The van der Waals surface area contributed by atoms with Crippen LogP contribution in [-0.4, -0.2) is 35.8 Å². The van der Waals surface area contributed by atoms with Crippen LogP contribution in [0.2, 0.25) is 5.02 Å². The van der Waals surface area contributed by atoms with Gasteiger partial charge in [-0.25, -0.2) is 4.68 Å². The Morgan fingerprint density at radius 1 is 0.853 bits per heavy atom. The maximum absolute atomic E-state index is 13.2.